The number of hydrogen-bond acceptors (Lipinski definition) is 6. The van der Waals surface area contributed by atoms with Crippen molar-refractivity contribution < 1.29 is 14.1 Å². The lowest BCUT2D eigenvalue weighted by atomic mass is 10.3. The first-order valence-electron chi connectivity index (χ1n) is 6.69. The Labute approximate surface area is 122 Å². The van der Waals surface area contributed by atoms with Gasteiger partial charge >= 0.3 is 0 Å². The normalized spacial score (nSPS) is 12.3. The van der Waals surface area contributed by atoms with E-state index in [1.54, 1.807) is 24.1 Å². The molecule has 8 heteroatoms. The second-order valence-electron chi connectivity index (χ2n) is 4.62. The molecule has 1 atom stereocenters. The van der Waals surface area contributed by atoms with Gasteiger partial charge < -0.3 is 19.1 Å². The van der Waals surface area contributed by atoms with E-state index < -0.39 is 0 Å². The Kier molecular flexibility index (Phi) is 5.04. The number of hydrogen-bond donors (Lipinski definition) is 1. The Hall–Kier alpha value is -2.22. The summed E-state index contributed by atoms with van der Waals surface area (Å²) in [6.45, 7) is 4.41. The molecular weight excluding hydrogens is 274 g/mol. The fourth-order valence-corrected chi connectivity index (χ4v) is 1.89. The van der Waals surface area contributed by atoms with E-state index in [2.05, 4.69) is 20.4 Å². The van der Waals surface area contributed by atoms with Crippen molar-refractivity contribution in [3.63, 3.8) is 0 Å². The van der Waals surface area contributed by atoms with Crippen molar-refractivity contribution in [1.29, 1.82) is 0 Å². The largest absolute Gasteiger partial charge is 0.384 e. The van der Waals surface area contributed by atoms with Crippen molar-refractivity contribution >= 4 is 5.91 Å². The molecule has 114 valence electrons. The van der Waals surface area contributed by atoms with Crippen LogP contribution in [0.1, 0.15) is 30.5 Å². The van der Waals surface area contributed by atoms with Crippen LogP contribution in [0.4, 0.5) is 0 Å². The van der Waals surface area contributed by atoms with E-state index in [-0.39, 0.29) is 18.5 Å². The van der Waals surface area contributed by atoms with E-state index in [9.17, 15) is 4.79 Å². The summed E-state index contributed by atoms with van der Waals surface area (Å²) in [6.07, 6.45) is 4.00. The molecule has 0 saturated heterocycles. The molecule has 21 heavy (non-hydrogen) atoms. The Morgan fingerprint density at radius 2 is 2.38 bits per heavy atom. The first-order valence-corrected chi connectivity index (χ1v) is 6.69. The highest BCUT2D eigenvalue weighted by Crippen LogP contribution is 2.08. The maximum atomic E-state index is 12.1. The monoisotopic (exact) mass is 293 g/mol. The molecule has 0 saturated carbocycles. The Bertz CT molecular complexity index is 592. The fraction of sp³-hybridized carbons (Fsp3) is 0.538. The Morgan fingerprint density at radius 1 is 1.57 bits per heavy atom. The third kappa shape index (κ3) is 3.88. The first-order chi connectivity index (χ1) is 10.1. The topological polar surface area (TPSA) is 95.1 Å². The molecule has 2 heterocycles. The molecule has 1 N–H and O–H groups in total. The van der Waals surface area contributed by atoms with Crippen molar-refractivity contribution in [1.82, 2.24) is 25.0 Å². The minimum atomic E-state index is -0.340. The number of amides is 1. The molecule has 0 radical (unpaired) electrons. The molecule has 2 aromatic rings. The van der Waals surface area contributed by atoms with Gasteiger partial charge in [0.1, 0.15) is 11.9 Å². The van der Waals surface area contributed by atoms with E-state index in [0.29, 0.717) is 24.7 Å². The van der Waals surface area contributed by atoms with Gasteiger partial charge in [-0.1, -0.05) is 5.16 Å². The van der Waals surface area contributed by atoms with E-state index in [4.69, 9.17) is 9.26 Å². The molecule has 0 bridgehead atoms. The average Bonchev–Trinajstić information content (AvgIpc) is 3.10. The Balaban J connectivity index is 1.86. The van der Waals surface area contributed by atoms with E-state index in [1.807, 2.05) is 13.8 Å². The minimum Gasteiger partial charge on any atom is -0.384 e. The summed E-state index contributed by atoms with van der Waals surface area (Å²) in [6, 6.07) is -0.340. The minimum absolute atomic E-state index is 0.126. The lowest BCUT2D eigenvalue weighted by Crippen LogP contribution is -2.31. The summed E-state index contributed by atoms with van der Waals surface area (Å²) in [5.41, 5.74) is 0. The second kappa shape index (κ2) is 6.98. The van der Waals surface area contributed by atoms with E-state index in [0.717, 1.165) is 5.82 Å². The van der Waals surface area contributed by atoms with Crippen LogP contribution in [0.25, 0.3) is 0 Å². The lowest BCUT2D eigenvalue weighted by Gasteiger charge is -2.14. The number of carbonyl (C=O) groups excluding carboxylic acids is 1. The van der Waals surface area contributed by atoms with Crippen LogP contribution in [0.15, 0.2) is 16.9 Å². The van der Waals surface area contributed by atoms with E-state index in [1.165, 1.54) is 0 Å². The highest BCUT2D eigenvalue weighted by molar-refractivity contribution is 5.79. The van der Waals surface area contributed by atoms with Gasteiger partial charge in [-0.15, -0.1) is 0 Å². The zero-order chi connectivity index (χ0) is 15.2. The van der Waals surface area contributed by atoms with Gasteiger partial charge in [-0.3, -0.25) is 4.79 Å². The number of nitrogens with one attached hydrogen (secondary N) is 1. The van der Waals surface area contributed by atoms with Crippen LogP contribution in [0.3, 0.4) is 0 Å². The van der Waals surface area contributed by atoms with E-state index >= 15 is 0 Å². The van der Waals surface area contributed by atoms with Gasteiger partial charge in [0.2, 0.25) is 11.8 Å². The second-order valence-corrected chi connectivity index (χ2v) is 4.62. The number of aryl methyl sites for hydroxylation is 1. The van der Waals surface area contributed by atoms with Crippen LogP contribution in [-0.4, -0.2) is 39.3 Å². The van der Waals surface area contributed by atoms with Gasteiger partial charge in [0, 0.05) is 19.5 Å². The summed E-state index contributed by atoms with van der Waals surface area (Å²) in [4.78, 5) is 20.3. The summed E-state index contributed by atoms with van der Waals surface area (Å²) < 4.78 is 11.8. The predicted molar refractivity (Wildman–Crippen MR) is 73.4 cm³/mol. The summed E-state index contributed by atoms with van der Waals surface area (Å²) in [7, 11) is 1.61. The standard InChI is InChI=1S/C13H19N5O3/c1-9(18-6-5-14-10(18)2)13(19)15-8-11-16-12(21-17-11)4-7-20-3/h5-6,9H,4,7-8H2,1-3H3,(H,15,19)/t9-/m1/s1. The highest BCUT2D eigenvalue weighted by Gasteiger charge is 2.16. The molecule has 0 aliphatic rings. The number of methoxy groups -OCH3 is 1. The van der Waals surface area contributed by atoms with Gasteiger partial charge in [-0.05, 0) is 13.8 Å². The molecule has 0 aliphatic heterocycles. The molecule has 0 spiro atoms. The van der Waals surface area contributed by atoms with Crippen LogP contribution in [0.5, 0.6) is 0 Å². The van der Waals surface area contributed by atoms with Crippen LogP contribution < -0.4 is 5.32 Å². The van der Waals surface area contributed by atoms with Crippen molar-refractivity contribution in [2.24, 2.45) is 0 Å². The van der Waals surface area contributed by atoms with Crippen molar-refractivity contribution in [2.75, 3.05) is 13.7 Å². The van der Waals surface area contributed by atoms with Gasteiger partial charge in [0.25, 0.3) is 0 Å². The maximum absolute atomic E-state index is 12.1. The summed E-state index contributed by atoms with van der Waals surface area (Å²) in [5, 5.41) is 6.58. The maximum Gasteiger partial charge on any atom is 0.243 e. The molecule has 0 aromatic carbocycles. The first kappa shape index (κ1) is 15.2. The summed E-state index contributed by atoms with van der Waals surface area (Å²) >= 11 is 0. The zero-order valence-electron chi connectivity index (χ0n) is 12.4. The number of nitrogens with zero attached hydrogens (tertiary/aromatic N) is 4. The predicted octanol–water partition coefficient (Wildman–Crippen LogP) is 0.641. The number of ether oxygens (including phenoxy) is 1. The van der Waals surface area contributed by atoms with Crippen molar-refractivity contribution in [3.8, 4) is 0 Å². The van der Waals surface area contributed by atoms with Crippen molar-refractivity contribution in [2.45, 2.75) is 32.9 Å². The zero-order valence-corrected chi connectivity index (χ0v) is 12.4. The molecule has 0 fully saturated rings. The van der Waals surface area contributed by atoms with Crippen LogP contribution in [0.2, 0.25) is 0 Å². The molecule has 2 rings (SSSR count). The molecule has 8 nitrogen and oxygen atoms in total. The van der Waals surface area contributed by atoms with Gasteiger partial charge in [0.05, 0.1) is 19.6 Å². The lowest BCUT2D eigenvalue weighted by molar-refractivity contribution is -0.124. The van der Waals surface area contributed by atoms with Crippen LogP contribution >= 0.6 is 0 Å². The van der Waals surface area contributed by atoms with Crippen molar-refractivity contribution in [3.05, 3.63) is 29.9 Å². The fourth-order valence-electron chi connectivity index (χ4n) is 1.89. The van der Waals surface area contributed by atoms with Gasteiger partial charge in [-0.25, -0.2) is 4.98 Å². The number of aromatic nitrogens is 4. The number of carbonyl (C=O) groups is 1. The quantitative estimate of drug-likeness (QED) is 0.805. The average molecular weight is 293 g/mol. The highest BCUT2D eigenvalue weighted by atomic mass is 16.5. The Morgan fingerprint density at radius 3 is 3.05 bits per heavy atom. The third-order valence-corrected chi connectivity index (χ3v) is 3.11. The SMILES string of the molecule is COCCc1nc(CNC(=O)[C@@H](C)n2ccnc2C)no1. The number of rotatable bonds is 7. The summed E-state index contributed by atoms with van der Waals surface area (Å²) in [5.74, 6) is 1.61. The smallest absolute Gasteiger partial charge is 0.243 e. The van der Waals surface area contributed by atoms with Crippen LogP contribution in [0, 0.1) is 6.92 Å². The number of imidazole rings is 1. The molecule has 0 unspecified atom stereocenters. The molecule has 2 aromatic heterocycles. The third-order valence-electron chi connectivity index (χ3n) is 3.11. The van der Waals surface area contributed by atoms with Crippen LogP contribution in [-0.2, 0) is 22.5 Å². The molecule has 1 amide bonds. The van der Waals surface area contributed by atoms with Gasteiger partial charge in [0.15, 0.2) is 5.82 Å². The molecular formula is C13H19N5O3. The van der Waals surface area contributed by atoms with Gasteiger partial charge in [-0.2, -0.15) is 4.98 Å². The molecule has 0 aliphatic carbocycles.